The Bertz CT molecular complexity index is 2540. The third-order valence-electron chi connectivity index (χ3n) is 9.07. The van der Waals surface area contributed by atoms with E-state index in [1.54, 1.807) is 0 Å². The molecule has 0 fully saturated rings. The van der Waals surface area contributed by atoms with Crippen LogP contribution in [0.5, 0.6) is 0 Å². The molecule has 0 radical (unpaired) electrons. The molecule has 3 aromatic heterocycles. The molecule has 0 atom stereocenters. The van der Waals surface area contributed by atoms with Crippen molar-refractivity contribution < 1.29 is 0 Å². The van der Waals surface area contributed by atoms with Gasteiger partial charge in [0.05, 0.1) is 27.8 Å². The van der Waals surface area contributed by atoms with Crippen LogP contribution in [0.25, 0.3) is 77.4 Å². The highest BCUT2D eigenvalue weighted by atomic mass is 15.0. The molecule has 0 unspecified atom stereocenters. The Labute approximate surface area is 261 Å². The minimum Gasteiger partial charge on any atom is -0.309 e. The summed E-state index contributed by atoms with van der Waals surface area (Å²) in [5.74, 6) is 0. The molecule has 0 aliphatic heterocycles. The predicted octanol–water partition coefficient (Wildman–Crippen LogP) is 10.9. The lowest BCUT2D eigenvalue weighted by Gasteiger charge is -2.12. The zero-order chi connectivity index (χ0) is 29.9. The second-order valence-corrected chi connectivity index (χ2v) is 11.7. The summed E-state index contributed by atoms with van der Waals surface area (Å²) < 4.78 is 4.82. The first-order valence-electron chi connectivity index (χ1n) is 15.4. The van der Waals surface area contributed by atoms with Crippen LogP contribution in [0.4, 0.5) is 0 Å². The Hall–Kier alpha value is -5.93. The smallest absolute Gasteiger partial charge is 0.0731 e. The number of para-hydroxylation sites is 2. The maximum absolute atomic E-state index is 4.72. The third kappa shape index (κ3) is 4.01. The lowest BCUT2D eigenvalue weighted by molar-refractivity contribution is 1.16. The van der Waals surface area contributed by atoms with E-state index in [0.717, 1.165) is 22.6 Å². The minimum atomic E-state index is 1.01. The van der Waals surface area contributed by atoms with E-state index in [4.69, 9.17) is 4.98 Å². The summed E-state index contributed by atoms with van der Waals surface area (Å²) in [6.07, 6.45) is 1.87. The molecular weight excluding hydrogens is 546 g/mol. The average Bonchev–Trinajstić information content (AvgIpc) is 3.60. The van der Waals surface area contributed by atoms with Crippen molar-refractivity contribution in [2.24, 2.45) is 0 Å². The van der Waals surface area contributed by atoms with Gasteiger partial charge in [-0.05, 0) is 84.3 Å². The van der Waals surface area contributed by atoms with Crippen molar-refractivity contribution in [3.05, 3.63) is 163 Å². The van der Waals surface area contributed by atoms with Crippen molar-refractivity contribution in [1.29, 1.82) is 0 Å². The number of aromatic nitrogens is 3. The van der Waals surface area contributed by atoms with Crippen LogP contribution < -0.4 is 0 Å². The van der Waals surface area contributed by atoms with Crippen molar-refractivity contribution in [2.75, 3.05) is 0 Å². The quantitative estimate of drug-likeness (QED) is 0.205. The van der Waals surface area contributed by atoms with Gasteiger partial charge in [-0.3, -0.25) is 4.98 Å². The fourth-order valence-electron chi connectivity index (χ4n) is 7.01. The SMILES string of the molecule is Cc1cccnc1-c1cccc(-n2c3ccccc3c3cc4c5cc(-c6ccccc6)ccc5n(-c5ccccc5)c4cc32)c1. The van der Waals surface area contributed by atoms with Crippen LogP contribution in [0.15, 0.2) is 158 Å². The van der Waals surface area contributed by atoms with E-state index in [0.29, 0.717) is 0 Å². The highest BCUT2D eigenvalue weighted by molar-refractivity contribution is 6.19. The predicted molar refractivity (Wildman–Crippen MR) is 189 cm³/mol. The van der Waals surface area contributed by atoms with Crippen molar-refractivity contribution in [3.8, 4) is 33.8 Å². The van der Waals surface area contributed by atoms with Gasteiger partial charge in [0, 0.05) is 44.7 Å². The molecule has 9 rings (SSSR count). The maximum atomic E-state index is 4.72. The molecule has 0 saturated carbocycles. The second-order valence-electron chi connectivity index (χ2n) is 11.7. The lowest BCUT2D eigenvalue weighted by atomic mass is 10.0. The van der Waals surface area contributed by atoms with E-state index in [-0.39, 0.29) is 0 Å². The summed E-state index contributed by atoms with van der Waals surface area (Å²) in [4.78, 5) is 4.72. The molecule has 45 heavy (non-hydrogen) atoms. The number of pyridine rings is 1. The number of hydrogen-bond donors (Lipinski definition) is 0. The molecule has 6 aromatic carbocycles. The van der Waals surface area contributed by atoms with Gasteiger partial charge in [-0.25, -0.2) is 0 Å². The van der Waals surface area contributed by atoms with Crippen LogP contribution in [0, 0.1) is 6.92 Å². The Morgan fingerprint density at radius 3 is 1.87 bits per heavy atom. The first-order valence-corrected chi connectivity index (χ1v) is 15.4. The van der Waals surface area contributed by atoms with E-state index in [2.05, 4.69) is 162 Å². The molecule has 0 N–H and O–H groups in total. The lowest BCUT2D eigenvalue weighted by Crippen LogP contribution is -1.96. The zero-order valence-corrected chi connectivity index (χ0v) is 24.9. The molecule has 3 nitrogen and oxygen atoms in total. The van der Waals surface area contributed by atoms with Crippen LogP contribution in [0.3, 0.4) is 0 Å². The van der Waals surface area contributed by atoms with E-state index in [1.165, 1.54) is 60.3 Å². The number of rotatable bonds is 4. The summed E-state index contributed by atoms with van der Waals surface area (Å²) in [5, 5.41) is 4.99. The van der Waals surface area contributed by atoms with Crippen LogP contribution in [-0.4, -0.2) is 14.1 Å². The van der Waals surface area contributed by atoms with Gasteiger partial charge in [0.15, 0.2) is 0 Å². The number of benzene rings is 6. The average molecular weight is 576 g/mol. The molecule has 9 aromatic rings. The Balaban J connectivity index is 1.38. The first-order chi connectivity index (χ1) is 22.2. The van der Waals surface area contributed by atoms with Crippen molar-refractivity contribution in [3.63, 3.8) is 0 Å². The summed E-state index contributed by atoms with van der Waals surface area (Å²) in [6.45, 7) is 2.12. The third-order valence-corrected chi connectivity index (χ3v) is 9.07. The Kier molecular flexibility index (Phi) is 5.72. The largest absolute Gasteiger partial charge is 0.309 e. The Morgan fingerprint density at radius 2 is 1.04 bits per heavy atom. The van der Waals surface area contributed by atoms with Gasteiger partial charge in [0.25, 0.3) is 0 Å². The number of aryl methyl sites for hydroxylation is 1. The van der Waals surface area contributed by atoms with Gasteiger partial charge in [-0.2, -0.15) is 0 Å². The summed E-state index contributed by atoms with van der Waals surface area (Å²) in [7, 11) is 0. The van der Waals surface area contributed by atoms with E-state index >= 15 is 0 Å². The Morgan fingerprint density at radius 1 is 0.400 bits per heavy atom. The van der Waals surface area contributed by atoms with Crippen molar-refractivity contribution in [1.82, 2.24) is 14.1 Å². The van der Waals surface area contributed by atoms with E-state index in [9.17, 15) is 0 Å². The topological polar surface area (TPSA) is 22.8 Å². The molecule has 0 bridgehead atoms. The minimum absolute atomic E-state index is 1.01. The normalized spacial score (nSPS) is 11.7. The van der Waals surface area contributed by atoms with Crippen LogP contribution in [-0.2, 0) is 0 Å². The monoisotopic (exact) mass is 575 g/mol. The zero-order valence-electron chi connectivity index (χ0n) is 24.9. The molecule has 0 aliphatic carbocycles. The second kappa shape index (κ2) is 10.1. The van der Waals surface area contributed by atoms with Gasteiger partial charge in [0.1, 0.15) is 0 Å². The van der Waals surface area contributed by atoms with E-state index in [1.807, 2.05) is 12.3 Å². The van der Waals surface area contributed by atoms with Crippen LogP contribution in [0.1, 0.15) is 5.56 Å². The molecule has 0 aliphatic rings. The molecule has 3 heteroatoms. The fourth-order valence-corrected chi connectivity index (χ4v) is 7.01. The number of hydrogen-bond acceptors (Lipinski definition) is 1. The molecule has 0 amide bonds. The van der Waals surface area contributed by atoms with E-state index < -0.39 is 0 Å². The number of fused-ring (bicyclic) bond motifs is 6. The van der Waals surface area contributed by atoms with Crippen molar-refractivity contribution >= 4 is 43.6 Å². The standard InChI is InChI=1S/C42H29N3/c1-28-12-11-23-43-42(28)31-15-10-18-33(24-31)45-38-20-9-8-19-34(38)36-26-37-35-25-30(29-13-4-2-5-14-29)21-22-39(35)44(41(37)27-40(36)45)32-16-6-3-7-17-32/h2-27H,1H3. The fraction of sp³-hybridized carbons (Fsp3) is 0.0238. The summed E-state index contributed by atoms with van der Waals surface area (Å²) in [5.41, 5.74) is 12.8. The van der Waals surface area contributed by atoms with Gasteiger partial charge in [0.2, 0.25) is 0 Å². The highest BCUT2D eigenvalue weighted by Gasteiger charge is 2.19. The maximum Gasteiger partial charge on any atom is 0.0731 e. The molecule has 0 spiro atoms. The van der Waals surface area contributed by atoms with Crippen LogP contribution >= 0.6 is 0 Å². The van der Waals surface area contributed by atoms with Gasteiger partial charge < -0.3 is 9.13 Å². The van der Waals surface area contributed by atoms with Crippen LogP contribution in [0.2, 0.25) is 0 Å². The van der Waals surface area contributed by atoms with Gasteiger partial charge in [-0.15, -0.1) is 0 Å². The van der Waals surface area contributed by atoms with Gasteiger partial charge >= 0.3 is 0 Å². The number of nitrogens with zero attached hydrogens (tertiary/aromatic N) is 3. The molecule has 212 valence electrons. The molecular formula is C42H29N3. The summed E-state index contributed by atoms with van der Waals surface area (Å²) in [6, 6.07) is 54.7. The van der Waals surface area contributed by atoms with Gasteiger partial charge in [-0.1, -0.05) is 91.0 Å². The molecule has 3 heterocycles. The van der Waals surface area contributed by atoms with Crippen molar-refractivity contribution in [2.45, 2.75) is 6.92 Å². The first kappa shape index (κ1) is 25.6. The molecule has 0 saturated heterocycles. The summed E-state index contributed by atoms with van der Waals surface area (Å²) >= 11 is 0. The highest BCUT2D eigenvalue weighted by Crippen LogP contribution is 2.41.